The summed E-state index contributed by atoms with van der Waals surface area (Å²) < 4.78 is 6.95. The Kier molecular flexibility index (Phi) is 5.01. The number of nitrogens with zero attached hydrogens (tertiary/aromatic N) is 4. The number of hydrogen-bond donors (Lipinski definition) is 1. The fourth-order valence-electron chi connectivity index (χ4n) is 3.23. The van der Waals surface area contributed by atoms with Crippen LogP contribution >= 0.6 is 11.3 Å². The molecule has 28 heavy (non-hydrogen) atoms. The van der Waals surface area contributed by atoms with E-state index in [4.69, 9.17) is 4.74 Å². The van der Waals surface area contributed by atoms with Crippen molar-refractivity contribution in [2.75, 3.05) is 13.2 Å². The zero-order valence-electron chi connectivity index (χ0n) is 15.5. The van der Waals surface area contributed by atoms with Gasteiger partial charge in [0.05, 0.1) is 35.7 Å². The van der Waals surface area contributed by atoms with Crippen molar-refractivity contribution in [2.24, 2.45) is 0 Å². The van der Waals surface area contributed by atoms with Crippen LogP contribution in [0.15, 0.2) is 41.5 Å². The van der Waals surface area contributed by atoms with E-state index < -0.39 is 0 Å². The highest BCUT2D eigenvalue weighted by molar-refractivity contribution is 7.13. The van der Waals surface area contributed by atoms with E-state index in [0.29, 0.717) is 29.5 Å². The summed E-state index contributed by atoms with van der Waals surface area (Å²) in [4.78, 5) is 34.1. The molecule has 1 aliphatic heterocycles. The summed E-state index contributed by atoms with van der Waals surface area (Å²) in [5.74, 6) is -0.208. The van der Waals surface area contributed by atoms with E-state index in [-0.39, 0.29) is 23.6 Å². The fraction of sp³-hybridized carbons (Fsp3) is 0.316. The van der Waals surface area contributed by atoms with Gasteiger partial charge in [-0.2, -0.15) is 5.10 Å². The van der Waals surface area contributed by atoms with Gasteiger partial charge in [0.15, 0.2) is 0 Å². The number of amides is 1. The summed E-state index contributed by atoms with van der Waals surface area (Å²) in [6.45, 7) is 4.29. The average molecular weight is 397 g/mol. The number of carbonyl (C=O) groups excluding carboxylic acids is 1. The van der Waals surface area contributed by atoms with Gasteiger partial charge in [-0.1, -0.05) is 0 Å². The minimum Gasteiger partial charge on any atom is -0.377 e. The van der Waals surface area contributed by atoms with Crippen LogP contribution in [-0.4, -0.2) is 44.9 Å². The van der Waals surface area contributed by atoms with Crippen LogP contribution in [0.5, 0.6) is 0 Å². The Morgan fingerprint density at radius 3 is 2.86 bits per heavy atom. The monoisotopic (exact) mass is 397 g/mol. The second kappa shape index (κ2) is 7.61. The lowest BCUT2D eigenvalue weighted by atomic mass is 10.1. The zero-order chi connectivity index (χ0) is 19.7. The molecule has 1 fully saturated rings. The molecule has 0 spiro atoms. The Balaban J connectivity index is 1.61. The summed E-state index contributed by atoms with van der Waals surface area (Å²) >= 11 is 1.35. The van der Waals surface area contributed by atoms with Gasteiger partial charge >= 0.3 is 0 Å². The molecule has 2 unspecified atom stereocenters. The Morgan fingerprint density at radius 2 is 2.14 bits per heavy atom. The lowest BCUT2D eigenvalue weighted by molar-refractivity contribution is 0.0928. The zero-order valence-corrected chi connectivity index (χ0v) is 16.3. The van der Waals surface area contributed by atoms with Crippen molar-refractivity contribution in [2.45, 2.75) is 25.9 Å². The Bertz CT molecular complexity index is 1060. The van der Waals surface area contributed by atoms with Crippen LogP contribution in [0.1, 0.15) is 26.4 Å². The maximum absolute atomic E-state index is 12.7. The van der Waals surface area contributed by atoms with Crippen LogP contribution in [0.25, 0.3) is 11.3 Å². The topological polar surface area (TPSA) is 99.0 Å². The largest absolute Gasteiger partial charge is 0.377 e. The number of hydrogen-bond acceptors (Lipinski definition) is 7. The predicted molar refractivity (Wildman–Crippen MR) is 104 cm³/mol. The van der Waals surface area contributed by atoms with E-state index >= 15 is 0 Å². The first kappa shape index (κ1) is 18.5. The highest BCUT2D eigenvalue weighted by Gasteiger charge is 2.33. The van der Waals surface area contributed by atoms with Crippen LogP contribution < -0.4 is 10.9 Å². The van der Waals surface area contributed by atoms with Crippen molar-refractivity contribution < 1.29 is 9.53 Å². The molecular weight excluding hydrogens is 378 g/mol. The first-order chi connectivity index (χ1) is 13.5. The molecule has 4 heterocycles. The molecule has 0 aliphatic carbocycles. The number of rotatable bonds is 4. The van der Waals surface area contributed by atoms with Gasteiger partial charge in [-0.05, 0) is 32.0 Å². The van der Waals surface area contributed by atoms with E-state index in [0.717, 1.165) is 10.6 Å². The van der Waals surface area contributed by atoms with Gasteiger partial charge in [-0.3, -0.25) is 14.6 Å². The number of aromatic nitrogens is 4. The Morgan fingerprint density at radius 1 is 1.29 bits per heavy atom. The van der Waals surface area contributed by atoms with Crippen molar-refractivity contribution in [3.63, 3.8) is 0 Å². The maximum atomic E-state index is 12.7. The SMILES string of the molecule is Cc1nc(C)c(C(=O)NC2COCC2n2nc(-c3cccnc3)ccc2=O)s1. The smallest absolute Gasteiger partial charge is 0.267 e. The first-order valence-electron chi connectivity index (χ1n) is 8.86. The van der Waals surface area contributed by atoms with Gasteiger partial charge in [0.1, 0.15) is 10.9 Å². The first-order valence-corrected chi connectivity index (χ1v) is 9.67. The minimum absolute atomic E-state index is 0.208. The molecule has 0 aromatic carbocycles. The number of thiazole rings is 1. The van der Waals surface area contributed by atoms with Crippen LogP contribution in [0.4, 0.5) is 0 Å². The molecule has 8 nitrogen and oxygen atoms in total. The minimum atomic E-state index is -0.387. The van der Waals surface area contributed by atoms with Gasteiger partial charge in [-0.15, -0.1) is 11.3 Å². The van der Waals surface area contributed by atoms with Crippen molar-refractivity contribution in [1.29, 1.82) is 0 Å². The quantitative estimate of drug-likeness (QED) is 0.720. The second-order valence-electron chi connectivity index (χ2n) is 6.58. The van der Waals surface area contributed by atoms with Crippen LogP contribution in [0.3, 0.4) is 0 Å². The third kappa shape index (κ3) is 3.58. The molecule has 0 saturated carbocycles. The molecule has 144 valence electrons. The molecule has 1 N–H and O–H groups in total. The van der Waals surface area contributed by atoms with Crippen molar-refractivity contribution >= 4 is 17.2 Å². The van der Waals surface area contributed by atoms with E-state index in [2.05, 4.69) is 20.4 Å². The highest BCUT2D eigenvalue weighted by Crippen LogP contribution is 2.22. The fourth-order valence-corrected chi connectivity index (χ4v) is 4.05. The van der Waals surface area contributed by atoms with Gasteiger partial charge < -0.3 is 10.1 Å². The number of aryl methyl sites for hydroxylation is 2. The molecule has 0 bridgehead atoms. The molecule has 1 aliphatic rings. The summed E-state index contributed by atoms with van der Waals surface area (Å²) in [6.07, 6.45) is 3.37. The van der Waals surface area contributed by atoms with E-state index in [9.17, 15) is 9.59 Å². The molecule has 2 atom stereocenters. The molecule has 3 aromatic rings. The highest BCUT2D eigenvalue weighted by atomic mass is 32.1. The van der Waals surface area contributed by atoms with Crippen molar-refractivity contribution in [1.82, 2.24) is 25.1 Å². The van der Waals surface area contributed by atoms with E-state index in [1.807, 2.05) is 26.0 Å². The summed E-state index contributed by atoms with van der Waals surface area (Å²) in [5.41, 5.74) is 1.90. The Labute approximate surface area is 165 Å². The van der Waals surface area contributed by atoms with E-state index in [1.54, 1.807) is 18.5 Å². The summed E-state index contributed by atoms with van der Waals surface area (Å²) in [6, 6.07) is 6.09. The lowest BCUT2D eigenvalue weighted by Crippen LogP contribution is -2.44. The number of carbonyl (C=O) groups is 1. The summed E-state index contributed by atoms with van der Waals surface area (Å²) in [5, 5.41) is 8.32. The third-order valence-electron chi connectivity index (χ3n) is 4.57. The number of nitrogens with one attached hydrogen (secondary N) is 1. The van der Waals surface area contributed by atoms with Gasteiger partial charge in [-0.25, -0.2) is 9.67 Å². The molecule has 9 heteroatoms. The average Bonchev–Trinajstić information content (AvgIpc) is 3.28. The van der Waals surface area contributed by atoms with Crippen LogP contribution in [-0.2, 0) is 4.74 Å². The predicted octanol–water partition coefficient (Wildman–Crippen LogP) is 1.75. The molecule has 4 rings (SSSR count). The molecule has 1 amide bonds. The van der Waals surface area contributed by atoms with Crippen molar-refractivity contribution in [3.05, 3.63) is 62.6 Å². The number of pyridine rings is 1. The normalized spacial score (nSPS) is 18.9. The van der Waals surface area contributed by atoms with E-state index in [1.165, 1.54) is 22.1 Å². The molecule has 0 radical (unpaired) electrons. The van der Waals surface area contributed by atoms with Gasteiger partial charge in [0.2, 0.25) is 0 Å². The third-order valence-corrected chi connectivity index (χ3v) is 5.64. The second-order valence-corrected chi connectivity index (χ2v) is 7.78. The van der Waals surface area contributed by atoms with Crippen LogP contribution in [0.2, 0.25) is 0 Å². The summed E-state index contributed by atoms with van der Waals surface area (Å²) in [7, 11) is 0. The maximum Gasteiger partial charge on any atom is 0.267 e. The molecular formula is C19H19N5O3S. The number of ether oxygens (including phenoxy) is 1. The van der Waals surface area contributed by atoms with Crippen LogP contribution in [0, 0.1) is 13.8 Å². The molecule has 3 aromatic heterocycles. The Hall–Kier alpha value is -2.91. The van der Waals surface area contributed by atoms with Gasteiger partial charge in [0, 0.05) is 24.0 Å². The molecule has 1 saturated heterocycles. The standard InChI is InChI=1S/C19H19N5O3S/c1-11-18(28-12(2)21-11)19(26)22-15-9-27-10-16(15)24-17(25)6-5-14(23-24)13-4-3-7-20-8-13/h3-8,15-16H,9-10H2,1-2H3,(H,22,26). The van der Waals surface area contributed by atoms with Gasteiger partial charge in [0.25, 0.3) is 11.5 Å². The van der Waals surface area contributed by atoms with Crippen molar-refractivity contribution in [3.8, 4) is 11.3 Å². The lowest BCUT2D eigenvalue weighted by Gasteiger charge is -2.20.